The minimum Gasteiger partial charge on any atom is -0.322 e. The Hall–Kier alpha value is -2.15. The summed E-state index contributed by atoms with van der Waals surface area (Å²) in [6.07, 6.45) is 0.536. The Morgan fingerprint density at radius 2 is 1.92 bits per heavy atom. The lowest BCUT2D eigenvalue weighted by molar-refractivity contribution is 0.581. The van der Waals surface area contributed by atoms with Crippen LogP contribution in [0, 0.1) is 6.92 Å². The van der Waals surface area contributed by atoms with Crippen LogP contribution in [0.15, 0.2) is 58.2 Å². The average molecular weight is 377 g/mol. The number of aryl methyl sites for hydroxylation is 1. The van der Waals surface area contributed by atoms with Crippen molar-refractivity contribution in [2.24, 2.45) is 0 Å². The van der Waals surface area contributed by atoms with Crippen LogP contribution in [-0.2, 0) is 16.4 Å². The molecule has 0 aliphatic heterocycles. The SMILES string of the molecule is Cc1cc2cc(CCNS(=O)(=O)c3cccc(Cl)c3)ccc2[nH]c1=O. The standard InChI is InChI=1S/C18H17ClN2O3S/c1-12-9-14-10-13(5-6-17(14)21-18(12)22)7-8-20-25(23,24)16-4-2-3-15(19)11-16/h2-6,9-11,20H,7-8H2,1H3,(H,21,22). The van der Waals surface area contributed by atoms with Gasteiger partial charge in [-0.25, -0.2) is 13.1 Å². The largest absolute Gasteiger partial charge is 0.322 e. The molecule has 0 aliphatic carbocycles. The van der Waals surface area contributed by atoms with Crippen molar-refractivity contribution in [2.45, 2.75) is 18.2 Å². The first-order valence-corrected chi connectivity index (χ1v) is 9.59. The number of sulfonamides is 1. The molecule has 0 fully saturated rings. The Morgan fingerprint density at radius 1 is 1.12 bits per heavy atom. The van der Waals surface area contributed by atoms with Crippen LogP contribution in [0.25, 0.3) is 10.9 Å². The maximum atomic E-state index is 12.3. The molecule has 7 heteroatoms. The van der Waals surface area contributed by atoms with E-state index >= 15 is 0 Å². The number of nitrogens with one attached hydrogen (secondary N) is 2. The molecule has 0 bridgehead atoms. The van der Waals surface area contributed by atoms with Gasteiger partial charge in [0.15, 0.2) is 0 Å². The fraction of sp³-hybridized carbons (Fsp3) is 0.167. The van der Waals surface area contributed by atoms with Crippen molar-refractivity contribution in [3.63, 3.8) is 0 Å². The van der Waals surface area contributed by atoms with E-state index in [1.807, 2.05) is 24.3 Å². The molecule has 0 spiro atoms. The molecule has 0 aliphatic rings. The summed E-state index contributed by atoms with van der Waals surface area (Å²) in [7, 11) is -3.59. The molecule has 2 N–H and O–H groups in total. The molecule has 5 nitrogen and oxygen atoms in total. The number of H-pyrrole nitrogens is 1. The highest BCUT2D eigenvalue weighted by atomic mass is 35.5. The van der Waals surface area contributed by atoms with Gasteiger partial charge in [-0.15, -0.1) is 0 Å². The van der Waals surface area contributed by atoms with Crippen LogP contribution in [0.2, 0.25) is 5.02 Å². The fourth-order valence-electron chi connectivity index (χ4n) is 2.57. The smallest absolute Gasteiger partial charge is 0.251 e. The molecule has 2 aromatic carbocycles. The number of hydrogen-bond acceptors (Lipinski definition) is 3. The number of benzene rings is 2. The molecule has 0 radical (unpaired) electrons. The number of hydrogen-bond donors (Lipinski definition) is 2. The molecular formula is C18H17ClN2O3S. The zero-order valence-electron chi connectivity index (χ0n) is 13.5. The Balaban J connectivity index is 1.72. The summed E-state index contributed by atoms with van der Waals surface area (Å²) in [5, 5.41) is 1.30. The van der Waals surface area contributed by atoms with E-state index in [2.05, 4.69) is 9.71 Å². The normalized spacial score (nSPS) is 11.8. The monoisotopic (exact) mass is 376 g/mol. The van der Waals surface area contributed by atoms with Crippen LogP contribution >= 0.6 is 11.6 Å². The van der Waals surface area contributed by atoms with Gasteiger partial charge < -0.3 is 4.98 Å². The van der Waals surface area contributed by atoms with Gasteiger partial charge in [0.05, 0.1) is 4.90 Å². The highest BCUT2D eigenvalue weighted by Crippen LogP contribution is 2.16. The van der Waals surface area contributed by atoms with Gasteiger partial charge in [-0.05, 0) is 60.7 Å². The first kappa shape index (κ1) is 17.7. The zero-order valence-corrected chi connectivity index (χ0v) is 15.1. The summed E-state index contributed by atoms with van der Waals surface area (Å²) < 4.78 is 27.1. The molecule has 0 saturated heterocycles. The van der Waals surface area contributed by atoms with Crippen molar-refractivity contribution in [3.05, 3.63) is 75.0 Å². The average Bonchev–Trinajstić information content (AvgIpc) is 2.56. The Bertz CT molecular complexity index is 1090. The van der Waals surface area contributed by atoms with Gasteiger partial charge in [0.2, 0.25) is 10.0 Å². The highest BCUT2D eigenvalue weighted by Gasteiger charge is 2.13. The number of halogens is 1. The number of pyridine rings is 1. The Morgan fingerprint density at radius 3 is 2.68 bits per heavy atom. The molecule has 3 rings (SSSR count). The molecule has 3 aromatic rings. The molecule has 0 amide bonds. The topological polar surface area (TPSA) is 79.0 Å². The lowest BCUT2D eigenvalue weighted by Gasteiger charge is -2.08. The van der Waals surface area contributed by atoms with Gasteiger partial charge in [0, 0.05) is 22.6 Å². The van der Waals surface area contributed by atoms with E-state index in [-0.39, 0.29) is 17.0 Å². The van der Waals surface area contributed by atoms with Crippen LogP contribution in [0.3, 0.4) is 0 Å². The molecular weight excluding hydrogens is 360 g/mol. The second-order valence-electron chi connectivity index (χ2n) is 5.81. The summed E-state index contributed by atoms with van der Waals surface area (Å²) in [4.78, 5) is 14.6. The van der Waals surface area contributed by atoms with E-state index in [0.717, 1.165) is 16.5 Å². The van der Waals surface area contributed by atoms with Crippen LogP contribution in [-0.4, -0.2) is 19.9 Å². The van der Waals surface area contributed by atoms with E-state index in [1.54, 1.807) is 19.1 Å². The molecule has 0 atom stereocenters. The second-order valence-corrected chi connectivity index (χ2v) is 8.01. The van der Waals surface area contributed by atoms with Crippen molar-refractivity contribution in [1.29, 1.82) is 0 Å². The van der Waals surface area contributed by atoms with Crippen molar-refractivity contribution in [2.75, 3.05) is 6.54 Å². The van der Waals surface area contributed by atoms with Gasteiger partial charge >= 0.3 is 0 Å². The molecule has 25 heavy (non-hydrogen) atoms. The van der Waals surface area contributed by atoms with E-state index in [1.165, 1.54) is 12.1 Å². The van der Waals surface area contributed by atoms with Gasteiger partial charge in [0.1, 0.15) is 0 Å². The maximum absolute atomic E-state index is 12.3. The van der Waals surface area contributed by atoms with Crippen molar-refractivity contribution in [1.82, 2.24) is 9.71 Å². The summed E-state index contributed by atoms with van der Waals surface area (Å²) in [5.41, 5.74) is 2.28. The number of aromatic amines is 1. The van der Waals surface area contributed by atoms with E-state index in [0.29, 0.717) is 17.0 Å². The summed E-state index contributed by atoms with van der Waals surface area (Å²) in [6.45, 7) is 2.02. The maximum Gasteiger partial charge on any atom is 0.251 e. The highest BCUT2D eigenvalue weighted by molar-refractivity contribution is 7.89. The molecule has 1 aromatic heterocycles. The molecule has 1 heterocycles. The van der Waals surface area contributed by atoms with Crippen LogP contribution in [0.4, 0.5) is 0 Å². The lowest BCUT2D eigenvalue weighted by Crippen LogP contribution is -2.26. The molecule has 0 saturated carbocycles. The first-order valence-electron chi connectivity index (χ1n) is 7.73. The predicted octanol–water partition coefficient (Wildman–Crippen LogP) is 3.01. The van der Waals surface area contributed by atoms with Crippen molar-refractivity contribution in [3.8, 4) is 0 Å². The molecule has 0 unspecified atom stereocenters. The predicted molar refractivity (Wildman–Crippen MR) is 99.7 cm³/mol. The third-order valence-corrected chi connectivity index (χ3v) is 5.60. The third kappa shape index (κ3) is 4.10. The van der Waals surface area contributed by atoms with Crippen molar-refractivity contribution >= 4 is 32.5 Å². The summed E-state index contributed by atoms with van der Waals surface area (Å²) >= 11 is 5.84. The third-order valence-electron chi connectivity index (χ3n) is 3.91. The second kappa shape index (κ2) is 7.00. The van der Waals surface area contributed by atoms with Gasteiger partial charge in [0.25, 0.3) is 5.56 Å². The minimum atomic E-state index is -3.59. The van der Waals surface area contributed by atoms with E-state index in [9.17, 15) is 13.2 Å². The van der Waals surface area contributed by atoms with Gasteiger partial charge in [-0.3, -0.25) is 4.79 Å². The quantitative estimate of drug-likeness (QED) is 0.718. The minimum absolute atomic E-state index is 0.102. The lowest BCUT2D eigenvalue weighted by atomic mass is 10.1. The number of fused-ring (bicyclic) bond motifs is 1. The van der Waals surface area contributed by atoms with E-state index in [4.69, 9.17) is 11.6 Å². The Kier molecular flexibility index (Phi) is 4.94. The van der Waals surface area contributed by atoms with Crippen LogP contribution in [0.1, 0.15) is 11.1 Å². The number of rotatable bonds is 5. The fourth-order valence-corrected chi connectivity index (χ4v) is 3.90. The zero-order chi connectivity index (χ0) is 18.0. The van der Waals surface area contributed by atoms with Crippen molar-refractivity contribution < 1.29 is 8.42 Å². The van der Waals surface area contributed by atoms with Crippen LogP contribution in [0.5, 0.6) is 0 Å². The summed E-state index contributed by atoms with van der Waals surface area (Å²) in [5.74, 6) is 0. The van der Waals surface area contributed by atoms with Gasteiger partial charge in [-0.2, -0.15) is 0 Å². The van der Waals surface area contributed by atoms with Gasteiger partial charge in [-0.1, -0.05) is 23.7 Å². The molecule has 130 valence electrons. The Labute approximate surface area is 150 Å². The van der Waals surface area contributed by atoms with E-state index < -0.39 is 10.0 Å². The summed E-state index contributed by atoms with van der Waals surface area (Å²) in [6, 6.07) is 13.6. The first-order chi connectivity index (χ1) is 11.8. The van der Waals surface area contributed by atoms with Crippen LogP contribution < -0.4 is 10.3 Å². The number of aromatic nitrogens is 1.